The summed E-state index contributed by atoms with van der Waals surface area (Å²) in [4.78, 5) is 33.2. The summed E-state index contributed by atoms with van der Waals surface area (Å²) >= 11 is 0. The van der Waals surface area contributed by atoms with E-state index in [1.54, 1.807) is 42.5 Å². The molecule has 0 atom stereocenters. The highest BCUT2D eigenvalue weighted by Gasteiger charge is 2.11. The van der Waals surface area contributed by atoms with Crippen LogP contribution in [0.1, 0.15) is 26.4 Å². The number of fused-ring (bicyclic) bond motifs is 2. The first-order valence-corrected chi connectivity index (χ1v) is 10.7. The minimum Gasteiger partial charge on any atom is -0.384 e. The molecule has 0 spiro atoms. The van der Waals surface area contributed by atoms with Gasteiger partial charge in [0.15, 0.2) is 0 Å². The van der Waals surface area contributed by atoms with Crippen LogP contribution in [0.2, 0.25) is 0 Å². The minimum absolute atomic E-state index is 0.214. The zero-order chi connectivity index (χ0) is 23.8. The Hall–Kier alpha value is -4.78. The number of nitrogens with one attached hydrogen (secondary N) is 1. The number of benzene rings is 3. The molecule has 0 fully saturated rings. The lowest BCUT2D eigenvalue weighted by Crippen LogP contribution is -2.11. The Morgan fingerprint density at radius 1 is 0.765 bits per heavy atom. The maximum atomic E-state index is 12.8. The van der Waals surface area contributed by atoms with Crippen LogP contribution in [0.3, 0.4) is 0 Å². The maximum absolute atomic E-state index is 12.8. The third-order valence-electron chi connectivity index (χ3n) is 5.72. The molecule has 5 aromatic rings. The molecule has 34 heavy (non-hydrogen) atoms. The van der Waals surface area contributed by atoms with Crippen LogP contribution in [0.25, 0.3) is 32.9 Å². The molecule has 7 nitrogen and oxygen atoms in total. The molecule has 0 radical (unpaired) electrons. The molecule has 5 rings (SSSR count). The Bertz CT molecular complexity index is 1590. The summed E-state index contributed by atoms with van der Waals surface area (Å²) in [5.41, 5.74) is 17.1. The predicted octanol–water partition coefficient (Wildman–Crippen LogP) is 4.69. The van der Waals surface area contributed by atoms with E-state index < -0.39 is 5.91 Å². The molecular weight excluding hydrogens is 426 g/mol. The first-order valence-electron chi connectivity index (χ1n) is 10.7. The van der Waals surface area contributed by atoms with Crippen molar-refractivity contribution in [3.05, 3.63) is 95.7 Å². The van der Waals surface area contributed by atoms with E-state index in [4.69, 9.17) is 11.5 Å². The Morgan fingerprint density at radius 2 is 1.44 bits per heavy atom. The van der Waals surface area contributed by atoms with Crippen molar-refractivity contribution < 1.29 is 9.59 Å². The second-order valence-corrected chi connectivity index (χ2v) is 8.07. The van der Waals surface area contributed by atoms with Gasteiger partial charge in [-0.05, 0) is 79.2 Å². The smallest absolute Gasteiger partial charge is 0.255 e. The van der Waals surface area contributed by atoms with E-state index in [2.05, 4.69) is 15.3 Å². The average molecular weight is 447 g/mol. The van der Waals surface area contributed by atoms with E-state index >= 15 is 0 Å². The number of rotatable bonds is 4. The molecule has 5 N–H and O–H groups in total. The summed E-state index contributed by atoms with van der Waals surface area (Å²) in [6.45, 7) is 1.94. The number of hydrogen-bond acceptors (Lipinski definition) is 5. The van der Waals surface area contributed by atoms with Crippen LogP contribution in [-0.2, 0) is 0 Å². The van der Waals surface area contributed by atoms with Gasteiger partial charge >= 0.3 is 0 Å². The highest BCUT2D eigenvalue weighted by atomic mass is 16.2. The largest absolute Gasteiger partial charge is 0.384 e. The molecule has 3 aromatic carbocycles. The van der Waals surface area contributed by atoms with Gasteiger partial charge in [-0.25, -0.2) is 4.98 Å². The molecule has 7 heteroatoms. The van der Waals surface area contributed by atoms with E-state index in [1.165, 1.54) is 0 Å². The monoisotopic (exact) mass is 447 g/mol. The molecule has 0 aliphatic rings. The van der Waals surface area contributed by atoms with Gasteiger partial charge in [0.2, 0.25) is 5.91 Å². The van der Waals surface area contributed by atoms with Gasteiger partial charge < -0.3 is 16.8 Å². The summed E-state index contributed by atoms with van der Waals surface area (Å²) in [7, 11) is 0. The Kier molecular flexibility index (Phi) is 5.14. The lowest BCUT2D eigenvalue weighted by Gasteiger charge is -2.10. The molecule has 0 aliphatic heterocycles. The fourth-order valence-corrected chi connectivity index (χ4v) is 3.94. The van der Waals surface area contributed by atoms with Crippen molar-refractivity contribution in [3.63, 3.8) is 0 Å². The van der Waals surface area contributed by atoms with Crippen molar-refractivity contribution in [3.8, 4) is 11.1 Å². The fourth-order valence-electron chi connectivity index (χ4n) is 3.94. The molecular formula is C27H21N5O2. The second kappa shape index (κ2) is 8.29. The van der Waals surface area contributed by atoms with E-state index in [1.807, 2.05) is 43.3 Å². The lowest BCUT2D eigenvalue weighted by molar-refractivity contribution is 0.0997. The topological polar surface area (TPSA) is 124 Å². The third-order valence-corrected chi connectivity index (χ3v) is 5.72. The SMILES string of the molecule is Cc1nc2ccc(C(N)=O)cc2cc1-c1ccc(NC(=O)c2ccc3nc(N)ccc3c2)cc1. The molecule has 2 heterocycles. The van der Waals surface area contributed by atoms with E-state index in [-0.39, 0.29) is 5.91 Å². The maximum Gasteiger partial charge on any atom is 0.255 e. The van der Waals surface area contributed by atoms with Gasteiger partial charge in [-0.1, -0.05) is 12.1 Å². The third kappa shape index (κ3) is 4.02. The van der Waals surface area contributed by atoms with Gasteiger partial charge in [0, 0.05) is 38.8 Å². The molecule has 0 unspecified atom stereocenters. The zero-order valence-electron chi connectivity index (χ0n) is 18.4. The van der Waals surface area contributed by atoms with Crippen molar-refractivity contribution >= 4 is 45.1 Å². The van der Waals surface area contributed by atoms with Crippen LogP contribution in [-0.4, -0.2) is 21.8 Å². The molecule has 2 amide bonds. The number of aromatic nitrogens is 2. The molecule has 0 saturated carbocycles. The van der Waals surface area contributed by atoms with Crippen LogP contribution < -0.4 is 16.8 Å². The second-order valence-electron chi connectivity index (χ2n) is 8.07. The van der Waals surface area contributed by atoms with Crippen molar-refractivity contribution in [1.29, 1.82) is 0 Å². The molecule has 0 bridgehead atoms. The summed E-state index contributed by atoms with van der Waals surface area (Å²) in [6, 6.07) is 23.6. The van der Waals surface area contributed by atoms with Gasteiger partial charge in [-0.3, -0.25) is 14.6 Å². The lowest BCUT2D eigenvalue weighted by atomic mass is 10.0. The van der Waals surface area contributed by atoms with Crippen LogP contribution in [0.15, 0.2) is 78.9 Å². The van der Waals surface area contributed by atoms with Gasteiger partial charge in [0.05, 0.1) is 11.0 Å². The van der Waals surface area contributed by atoms with Gasteiger partial charge in [0.25, 0.3) is 5.91 Å². The first kappa shape index (κ1) is 21.1. The minimum atomic E-state index is -0.476. The number of amides is 2. The van der Waals surface area contributed by atoms with E-state index in [9.17, 15) is 9.59 Å². The van der Waals surface area contributed by atoms with Crippen LogP contribution >= 0.6 is 0 Å². The van der Waals surface area contributed by atoms with Crippen LogP contribution in [0, 0.1) is 6.92 Å². The number of nitrogen functional groups attached to an aromatic ring is 1. The number of pyridine rings is 2. The Morgan fingerprint density at radius 3 is 2.18 bits per heavy atom. The first-order chi connectivity index (χ1) is 16.4. The molecule has 166 valence electrons. The van der Waals surface area contributed by atoms with Crippen molar-refractivity contribution in [2.75, 3.05) is 11.1 Å². The normalized spacial score (nSPS) is 11.0. The van der Waals surface area contributed by atoms with Crippen molar-refractivity contribution in [2.45, 2.75) is 6.92 Å². The van der Waals surface area contributed by atoms with Gasteiger partial charge in [0.1, 0.15) is 5.82 Å². The fraction of sp³-hybridized carbons (Fsp3) is 0.0370. The van der Waals surface area contributed by atoms with Crippen molar-refractivity contribution in [2.24, 2.45) is 5.73 Å². The zero-order valence-corrected chi connectivity index (χ0v) is 18.4. The molecule has 0 aliphatic carbocycles. The highest BCUT2D eigenvalue weighted by Crippen LogP contribution is 2.28. The molecule has 2 aromatic heterocycles. The Labute approximate surface area is 195 Å². The van der Waals surface area contributed by atoms with Gasteiger partial charge in [-0.15, -0.1) is 0 Å². The summed E-state index contributed by atoms with van der Waals surface area (Å²) < 4.78 is 0. The van der Waals surface area contributed by atoms with Gasteiger partial charge in [-0.2, -0.15) is 0 Å². The van der Waals surface area contributed by atoms with Crippen LogP contribution in [0.4, 0.5) is 11.5 Å². The predicted molar refractivity (Wildman–Crippen MR) is 135 cm³/mol. The number of anilines is 2. The Balaban J connectivity index is 1.39. The average Bonchev–Trinajstić information content (AvgIpc) is 2.83. The van der Waals surface area contributed by atoms with E-state index in [0.717, 1.165) is 38.6 Å². The van der Waals surface area contributed by atoms with E-state index in [0.29, 0.717) is 22.6 Å². The molecule has 0 saturated heterocycles. The highest BCUT2D eigenvalue weighted by molar-refractivity contribution is 6.06. The number of carbonyl (C=O) groups excluding carboxylic acids is 2. The number of nitrogens with zero attached hydrogens (tertiary/aromatic N) is 2. The quantitative estimate of drug-likeness (QED) is 0.369. The number of primary amides is 1. The standard InChI is InChI=1S/C27H21N5O2/c1-15-22(14-20-13-18(26(29)33)4-9-24(20)30-15)16-2-7-21(8-3-16)31-27(34)19-5-10-23-17(12-19)6-11-25(28)32-23/h2-14H,1H3,(H2,28,32)(H2,29,33)(H,31,34). The van der Waals surface area contributed by atoms with Crippen LogP contribution in [0.5, 0.6) is 0 Å². The summed E-state index contributed by atoms with van der Waals surface area (Å²) in [6.07, 6.45) is 0. The number of carbonyl (C=O) groups is 2. The number of hydrogen-bond donors (Lipinski definition) is 3. The number of nitrogens with two attached hydrogens (primary N) is 2. The summed E-state index contributed by atoms with van der Waals surface area (Å²) in [5.74, 6) is -0.250. The number of aryl methyl sites for hydroxylation is 1. The van der Waals surface area contributed by atoms with Crippen molar-refractivity contribution in [1.82, 2.24) is 9.97 Å². The summed E-state index contributed by atoms with van der Waals surface area (Å²) in [5, 5.41) is 4.60.